The normalized spacial score (nSPS) is 16.1. The van der Waals surface area contributed by atoms with E-state index in [-0.39, 0.29) is 24.3 Å². The van der Waals surface area contributed by atoms with E-state index in [4.69, 9.17) is 17.0 Å². The Hall–Kier alpha value is -5.02. The van der Waals surface area contributed by atoms with Gasteiger partial charge in [0.25, 0.3) is 17.7 Å². The Bertz CT molecular complexity index is 1740. The molecule has 1 saturated heterocycles. The van der Waals surface area contributed by atoms with Crippen LogP contribution in [0, 0.1) is 11.2 Å². The van der Waals surface area contributed by atoms with Crippen LogP contribution in [0.25, 0.3) is 0 Å². The van der Waals surface area contributed by atoms with Gasteiger partial charge in [-0.2, -0.15) is 0 Å². The van der Waals surface area contributed by atoms with Gasteiger partial charge >= 0.3 is 0 Å². The quantitative estimate of drug-likeness (QED) is 0.284. The van der Waals surface area contributed by atoms with Gasteiger partial charge in [0.15, 0.2) is 11.5 Å². The van der Waals surface area contributed by atoms with Gasteiger partial charge in [-0.3, -0.25) is 24.7 Å². The summed E-state index contributed by atoms with van der Waals surface area (Å²) in [5.41, 5.74) is 1.63. The Morgan fingerprint density at radius 1 is 0.841 bits per heavy atom. The standard InChI is InChI=1S/C34H31ClFN5O3/c1-39(2)30(42)25-8-5-9-27(19-25)34(26-12-16-29(36)17-13-26)32(44)41(33(37)38-34)21-23-6-4-7-24(18-23)31(43)40(3)20-22-10-14-28(35)15-11-22/h4-19H,20-21H2,1-3H3,(H2,37,38). The Labute approximate surface area is 260 Å². The van der Waals surface area contributed by atoms with Crippen molar-refractivity contribution in [2.75, 3.05) is 21.1 Å². The Morgan fingerprint density at radius 2 is 1.48 bits per heavy atom. The van der Waals surface area contributed by atoms with Crippen LogP contribution in [-0.2, 0) is 23.4 Å². The largest absolute Gasteiger partial charge is 0.345 e. The van der Waals surface area contributed by atoms with Crippen molar-refractivity contribution in [1.82, 2.24) is 20.0 Å². The Kier molecular flexibility index (Phi) is 8.51. The van der Waals surface area contributed by atoms with Crippen LogP contribution in [0.15, 0.2) is 97.1 Å². The highest BCUT2D eigenvalue weighted by atomic mass is 35.5. The summed E-state index contributed by atoms with van der Waals surface area (Å²) >= 11 is 5.98. The molecule has 0 bridgehead atoms. The smallest absolute Gasteiger partial charge is 0.264 e. The minimum atomic E-state index is -1.58. The van der Waals surface area contributed by atoms with E-state index >= 15 is 0 Å². The monoisotopic (exact) mass is 611 g/mol. The fourth-order valence-electron chi connectivity index (χ4n) is 5.30. The number of hydrogen-bond donors (Lipinski definition) is 2. The Morgan fingerprint density at radius 3 is 2.14 bits per heavy atom. The molecule has 4 aromatic rings. The molecule has 224 valence electrons. The van der Waals surface area contributed by atoms with E-state index in [0.717, 1.165) is 5.56 Å². The lowest BCUT2D eigenvalue weighted by Crippen LogP contribution is -2.45. The molecule has 8 nitrogen and oxygen atoms in total. The molecular formula is C34H31ClFN5O3. The molecule has 0 aliphatic carbocycles. The number of hydrogen-bond acceptors (Lipinski definition) is 4. The van der Waals surface area contributed by atoms with Gasteiger partial charge in [-0.15, -0.1) is 0 Å². The molecule has 3 amide bonds. The fourth-order valence-corrected chi connectivity index (χ4v) is 5.42. The molecule has 1 fully saturated rings. The summed E-state index contributed by atoms with van der Waals surface area (Å²) in [6.45, 7) is 0.390. The summed E-state index contributed by atoms with van der Waals surface area (Å²) in [5, 5.41) is 12.5. The van der Waals surface area contributed by atoms with Crippen molar-refractivity contribution in [1.29, 1.82) is 5.41 Å². The van der Waals surface area contributed by atoms with E-state index in [9.17, 15) is 18.8 Å². The third-order valence-electron chi connectivity index (χ3n) is 7.56. The molecule has 2 N–H and O–H groups in total. The summed E-state index contributed by atoms with van der Waals surface area (Å²) in [4.78, 5) is 44.7. The maximum absolute atomic E-state index is 14.3. The molecule has 5 rings (SSSR count). The molecule has 1 aliphatic rings. The maximum atomic E-state index is 14.3. The van der Waals surface area contributed by atoms with Gasteiger partial charge in [-0.25, -0.2) is 4.39 Å². The molecular weight excluding hydrogens is 581 g/mol. The van der Waals surface area contributed by atoms with Crippen LogP contribution in [0.3, 0.4) is 0 Å². The van der Waals surface area contributed by atoms with Gasteiger partial charge in [-0.1, -0.05) is 60.1 Å². The van der Waals surface area contributed by atoms with Crippen LogP contribution in [0.5, 0.6) is 0 Å². The second-order valence-corrected chi connectivity index (χ2v) is 11.3. The second kappa shape index (κ2) is 12.3. The second-order valence-electron chi connectivity index (χ2n) is 10.9. The van der Waals surface area contributed by atoms with E-state index in [1.807, 2.05) is 12.1 Å². The molecule has 1 aliphatic heterocycles. The molecule has 0 aromatic heterocycles. The topological polar surface area (TPSA) is 96.8 Å². The molecule has 10 heteroatoms. The van der Waals surface area contributed by atoms with Crippen LogP contribution in [-0.4, -0.2) is 59.5 Å². The molecule has 1 atom stereocenters. The first kappa shape index (κ1) is 30.4. The molecule has 1 unspecified atom stereocenters. The first-order chi connectivity index (χ1) is 21.0. The molecule has 0 radical (unpaired) electrons. The maximum Gasteiger partial charge on any atom is 0.264 e. The average molecular weight is 612 g/mol. The molecule has 0 spiro atoms. The van der Waals surface area contributed by atoms with Crippen LogP contribution in [0.1, 0.15) is 43.0 Å². The summed E-state index contributed by atoms with van der Waals surface area (Å²) < 4.78 is 14.0. The lowest BCUT2D eigenvalue weighted by atomic mass is 9.82. The predicted octanol–water partition coefficient (Wildman–Crippen LogP) is 5.26. The average Bonchev–Trinajstić information content (AvgIpc) is 3.27. The number of carbonyl (C=O) groups is 3. The first-order valence-corrected chi connectivity index (χ1v) is 14.2. The van der Waals surface area contributed by atoms with Gasteiger partial charge < -0.3 is 15.1 Å². The van der Waals surface area contributed by atoms with E-state index in [1.54, 1.807) is 86.7 Å². The van der Waals surface area contributed by atoms with Gasteiger partial charge in [0.2, 0.25) is 0 Å². The number of guanidine groups is 1. The van der Waals surface area contributed by atoms with Crippen LogP contribution in [0.4, 0.5) is 4.39 Å². The minimum Gasteiger partial charge on any atom is -0.345 e. The van der Waals surface area contributed by atoms with Crippen molar-refractivity contribution in [3.05, 3.63) is 141 Å². The predicted molar refractivity (Wildman–Crippen MR) is 167 cm³/mol. The van der Waals surface area contributed by atoms with Crippen LogP contribution >= 0.6 is 11.6 Å². The fraction of sp³-hybridized carbons (Fsp3) is 0.176. The van der Waals surface area contributed by atoms with E-state index in [2.05, 4.69) is 5.32 Å². The van der Waals surface area contributed by atoms with Crippen LogP contribution in [0.2, 0.25) is 5.02 Å². The minimum absolute atomic E-state index is 0.00590. The number of nitrogens with zero attached hydrogens (tertiary/aromatic N) is 3. The van der Waals surface area contributed by atoms with Crippen molar-refractivity contribution >= 4 is 35.3 Å². The lowest BCUT2D eigenvalue weighted by molar-refractivity contribution is -0.130. The highest BCUT2D eigenvalue weighted by molar-refractivity contribution is 6.30. The zero-order chi connectivity index (χ0) is 31.6. The number of rotatable bonds is 8. The lowest BCUT2D eigenvalue weighted by Gasteiger charge is -2.29. The zero-order valence-corrected chi connectivity index (χ0v) is 25.2. The first-order valence-electron chi connectivity index (χ1n) is 13.9. The van der Waals surface area contributed by atoms with Crippen molar-refractivity contribution in [3.8, 4) is 0 Å². The third-order valence-corrected chi connectivity index (χ3v) is 7.81. The SMILES string of the molecule is CN(C)C(=O)c1cccc(C2(c3ccc(F)cc3)NC(=N)N(Cc3cccc(C(=O)N(C)Cc4ccc(Cl)cc4)c3)C2=O)c1. The molecule has 1 heterocycles. The van der Waals surface area contributed by atoms with Gasteiger partial charge in [-0.05, 0) is 70.8 Å². The summed E-state index contributed by atoms with van der Waals surface area (Å²) in [6, 6.07) is 26.3. The summed E-state index contributed by atoms with van der Waals surface area (Å²) in [7, 11) is 4.98. The Balaban J connectivity index is 1.45. The zero-order valence-electron chi connectivity index (χ0n) is 24.5. The third kappa shape index (κ3) is 5.91. The van der Waals surface area contributed by atoms with Crippen LogP contribution < -0.4 is 5.32 Å². The van der Waals surface area contributed by atoms with E-state index < -0.39 is 17.3 Å². The molecule has 4 aromatic carbocycles. The van der Waals surface area contributed by atoms with Crippen molar-refractivity contribution in [3.63, 3.8) is 0 Å². The highest BCUT2D eigenvalue weighted by Crippen LogP contribution is 2.37. The van der Waals surface area contributed by atoms with Gasteiger partial charge in [0.05, 0.1) is 6.54 Å². The van der Waals surface area contributed by atoms with Crippen molar-refractivity contribution in [2.24, 2.45) is 0 Å². The number of halogens is 2. The van der Waals surface area contributed by atoms with E-state index in [1.165, 1.54) is 34.1 Å². The van der Waals surface area contributed by atoms with Gasteiger partial charge in [0.1, 0.15) is 5.82 Å². The molecule has 0 saturated carbocycles. The summed E-state index contributed by atoms with van der Waals surface area (Å²) in [6.07, 6.45) is 0. The number of carbonyl (C=O) groups excluding carboxylic acids is 3. The van der Waals surface area contributed by atoms with Crippen molar-refractivity contribution in [2.45, 2.75) is 18.6 Å². The highest BCUT2D eigenvalue weighted by Gasteiger charge is 2.52. The number of benzene rings is 4. The number of amides is 3. The summed E-state index contributed by atoms with van der Waals surface area (Å²) in [5.74, 6) is -1.56. The van der Waals surface area contributed by atoms with Crippen molar-refractivity contribution < 1.29 is 18.8 Å². The van der Waals surface area contributed by atoms with Gasteiger partial charge in [0, 0.05) is 43.8 Å². The van der Waals surface area contributed by atoms with E-state index in [0.29, 0.717) is 39.4 Å². The molecule has 44 heavy (non-hydrogen) atoms. The number of nitrogens with one attached hydrogen (secondary N) is 2.